The number of hydrogen-bond acceptors (Lipinski definition) is 6. The Morgan fingerprint density at radius 2 is 0.750 bits per heavy atom. The summed E-state index contributed by atoms with van der Waals surface area (Å²) in [5.74, 6) is 0. The van der Waals surface area contributed by atoms with Crippen LogP contribution in [-0.2, 0) is 0 Å². The second-order valence-corrected chi connectivity index (χ2v) is 10.7. The fourth-order valence-electron chi connectivity index (χ4n) is 4.99. The first-order valence-corrected chi connectivity index (χ1v) is 15.5. The van der Waals surface area contributed by atoms with Crippen LogP contribution in [0.15, 0.2) is 83.9 Å². The summed E-state index contributed by atoms with van der Waals surface area (Å²) >= 11 is 0. The number of hydrogen-bond donors (Lipinski definition) is 2. The largest absolute Gasteiger partial charge is 0.383 e. The van der Waals surface area contributed by atoms with Crippen molar-refractivity contribution < 1.29 is 0 Å². The number of unbranched alkanes of at least 4 members (excludes halogenated alkanes) is 6. The third kappa shape index (κ3) is 9.36. The lowest BCUT2D eigenvalue weighted by Gasteiger charge is -2.13. The molecular weight excluding hydrogens is 540 g/mol. The summed E-state index contributed by atoms with van der Waals surface area (Å²) in [5, 5.41) is 44.6. The molecule has 0 amide bonds. The Bertz CT molecular complexity index is 1430. The van der Waals surface area contributed by atoms with E-state index >= 15 is 0 Å². The van der Waals surface area contributed by atoms with E-state index in [2.05, 4.69) is 48.7 Å². The number of benzene rings is 3. The van der Waals surface area contributed by atoms with Gasteiger partial charge in [0.05, 0.1) is 11.4 Å². The van der Waals surface area contributed by atoms with E-state index in [1.165, 1.54) is 12.8 Å². The minimum absolute atomic E-state index is 0.0884. The molecule has 0 aromatic heterocycles. The van der Waals surface area contributed by atoms with Crippen molar-refractivity contribution in [2.24, 2.45) is 0 Å². The molecule has 44 heavy (non-hydrogen) atoms. The second kappa shape index (κ2) is 18.3. The lowest BCUT2D eigenvalue weighted by Crippen LogP contribution is -2.15. The van der Waals surface area contributed by atoms with Gasteiger partial charge in [0, 0.05) is 13.1 Å². The van der Waals surface area contributed by atoms with Gasteiger partial charge in [-0.05, 0) is 46.2 Å². The van der Waals surface area contributed by atoms with E-state index in [1.54, 1.807) is 0 Å². The van der Waals surface area contributed by atoms with Crippen LogP contribution in [0.3, 0.4) is 0 Å². The quantitative estimate of drug-likeness (QED) is 0.129. The molecular formula is C38H40N6. The zero-order valence-corrected chi connectivity index (χ0v) is 25.8. The van der Waals surface area contributed by atoms with Crippen LogP contribution in [0.1, 0.15) is 76.3 Å². The van der Waals surface area contributed by atoms with Crippen molar-refractivity contribution in [1.82, 2.24) is 10.6 Å². The molecule has 0 bridgehead atoms. The van der Waals surface area contributed by atoms with Crippen molar-refractivity contribution in [2.75, 3.05) is 13.1 Å². The molecule has 0 radical (unpaired) electrons. The molecule has 0 aliphatic heterocycles. The fourth-order valence-corrected chi connectivity index (χ4v) is 4.99. The van der Waals surface area contributed by atoms with Gasteiger partial charge in [-0.1, -0.05) is 125 Å². The maximum Gasteiger partial charge on any atom is 0.153 e. The highest BCUT2D eigenvalue weighted by molar-refractivity contribution is 5.78. The normalized spacial score (nSPS) is 9.95. The molecule has 222 valence electrons. The lowest BCUT2D eigenvalue weighted by atomic mass is 9.97. The Balaban J connectivity index is 1.75. The molecule has 0 fully saturated rings. The predicted molar refractivity (Wildman–Crippen MR) is 178 cm³/mol. The molecule has 0 spiro atoms. The summed E-state index contributed by atoms with van der Waals surface area (Å²) in [6.45, 7) is 5.78. The van der Waals surface area contributed by atoms with E-state index < -0.39 is 0 Å². The van der Waals surface area contributed by atoms with Crippen LogP contribution < -0.4 is 10.6 Å². The summed E-state index contributed by atoms with van der Waals surface area (Å²) in [4.78, 5) is 0. The van der Waals surface area contributed by atoms with Gasteiger partial charge >= 0.3 is 0 Å². The first-order valence-electron chi connectivity index (χ1n) is 15.5. The number of nitrogens with one attached hydrogen (secondary N) is 2. The maximum absolute atomic E-state index is 9.50. The van der Waals surface area contributed by atoms with Crippen LogP contribution in [0.5, 0.6) is 0 Å². The SMILES string of the molecule is CCCCCCNC(=C(C#N)C#N)c1ccc(-c2ccc(-c3ccc(C(NCCCCCC)=C(C#N)C#N)cc3)cc2)cc1. The fraction of sp³-hybridized carbons (Fsp3) is 0.316. The van der Waals surface area contributed by atoms with E-state index in [1.807, 2.05) is 72.8 Å². The Hall–Kier alpha value is -5.30. The minimum atomic E-state index is 0.0884. The highest BCUT2D eigenvalue weighted by Crippen LogP contribution is 2.28. The molecule has 6 heteroatoms. The van der Waals surface area contributed by atoms with Gasteiger partial charge in [0.1, 0.15) is 24.3 Å². The van der Waals surface area contributed by atoms with E-state index in [0.29, 0.717) is 11.4 Å². The first-order chi connectivity index (χ1) is 21.6. The molecule has 3 rings (SSSR count). The van der Waals surface area contributed by atoms with Crippen molar-refractivity contribution >= 4 is 11.4 Å². The Labute approximate surface area is 262 Å². The van der Waals surface area contributed by atoms with Crippen molar-refractivity contribution in [1.29, 1.82) is 21.0 Å². The highest BCUT2D eigenvalue weighted by Gasteiger charge is 2.11. The van der Waals surface area contributed by atoms with E-state index in [-0.39, 0.29) is 11.1 Å². The summed E-state index contributed by atoms with van der Waals surface area (Å²) in [6, 6.07) is 32.2. The van der Waals surface area contributed by atoms with E-state index in [9.17, 15) is 21.0 Å². The second-order valence-electron chi connectivity index (χ2n) is 10.7. The number of nitrogens with zero attached hydrogens (tertiary/aromatic N) is 4. The van der Waals surface area contributed by atoms with Gasteiger partial charge in [-0.15, -0.1) is 0 Å². The predicted octanol–water partition coefficient (Wildman–Crippen LogP) is 8.88. The Kier molecular flexibility index (Phi) is 13.8. The third-order valence-corrected chi connectivity index (χ3v) is 7.51. The standard InChI is InChI=1S/C38H40N6/c1-3-5-7-9-23-43-37(35(25-39)26-40)33-19-15-31(16-20-33)29-11-13-30(14-12-29)32-17-21-34(22-18-32)38(36(27-41)28-42)44-24-10-8-6-4-2/h11-22,43-44H,3-10,23-24H2,1-2H3. The Morgan fingerprint density at radius 1 is 0.455 bits per heavy atom. The monoisotopic (exact) mass is 580 g/mol. The molecule has 0 heterocycles. The van der Waals surface area contributed by atoms with Crippen LogP contribution in [0.2, 0.25) is 0 Å². The molecule has 0 aliphatic carbocycles. The molecule has 3 aromatic carbocycles. The van der Waals surface area contributed by atoms with Gasteiger partial charge < -0.3 is 10.6 Å². The smallest absolute Gasteiger partial charge is 0.153 e. The first kappa shape index (κ1) is 33.2. The zero-order chi connectivity index (χ0) is 31.6. The van der Waals surface area contributed by atoms with Gasteiger partial charge in [-0.25, -0.2) is 0 Å². The average Bonchev–Trinajstić information content (AvgIpc) is 3.07. The molecule has 2 N–H and O–H groups in total. The highest BCUT2D eigenvalue weighted by atomic mass is 14.9. The minimum Gasteiger partial charge on any atom is -0.383 e. The van der Waals surface area contributed by atoms with Crippen molar-refractivity contribution in [2.45, 2.75) is 65.2 Å². The van der Waals surface area contributed by atoms with Crippen molar-refractivity contribution in [3.63, 3.8) is 0 Å². The molecule has 0 aliphatic rings. The average molecular weight is 581 g/mol. The van der Waals surface area contributed by atoms with E-state index in [4.69, 9.17) is 0 Å². The van der Waals surface area contributed by atoms with Crippen LogP contribution in [-0.4, -0.2) is 13.1 Å². The molecule has 0 unspecified atom stereocenters. The zero-order valence-electron chi connectivity index (χ0n) is 25.8. The van der Waals surface area contributed by atoms with Crippen LogP contribution in [0.4, 0.5) is 0 Å². The maximum atomic E-state index is 9.50. The number of allylic oxidation sites excluding steroid dienone is 2. The van der Waals surface area contributed by atoms with Crippen LogP contribution >= 0.6 is 0 Å². The van der Waals surface area contributed by atoms with E-state index in [0.717, 1.165) is 85.0 Å². The van der Waals surface area contributed by atoms with Gasteiger partial charge in [-0.2, -0.15) is 21.0 Å². The van der Waals surface area contributed by atoms with Gasteiger partial charge in [0.15, 0.2) is 11.1 Å². The van der Waals surface area contributed by atoms with Crippen LogP contribution in [0, 0.1) is 45.3 Å². The van der Waals surface area contributed by atoms with Gasteiger partial charge in [0.25, 0.3) is 0 Å². The molecule has 0 saturated carbocycles. The third-order valence-electron chi connectivity index (χ3n) is 7.51. The molecule has 0 atom stereocenters. The van der Waals surface area contributed by atoms with Gasteiger partial charge in [-0.3, -0.25) is 0 Å². The number of rotatable bonds is 16. The van der Waals surface area contributed by atoms with Crippen molar-refractivity contribution in [3.05, 3.63) is 95.1 Å². The molecule has 6 nitrogen and oxygen atoms in total. The Morgan fingerprint density at radius 3 is 1.02 bits per heavy atom. The summed E-state index contributed by atoms with van der Waals surface area (Å²) in [5.41, 5.74) is 7.16. The van der Waals surface area contributed by atoms with Crippen LogP contribution in [0.25, 0.3) is 33.6 Å². The molecule has 3 aromatic rings. The van der Waals surface area contributed by atoms with Gasteiger partial charge in [0.2, 0.25) is 0 Å². The summed E-state index contributed by atoms with van der Waals surface area (Å²) < 4.78 is 0. The topological polar surface area (TPSA) is 119 Å². The lowest BCUT2D eigenvalue weighted by molar-refractivity contribution is 0.649. The number of nitriles is 4. The summed E-state index contributed by atoms with van der Waals surface area (Å²) in [7, 11) is 0. The molecule has 0 saturated heterocycles. The summed E-state index contributed by atoms with van der Waals surface area (Å²) in [6.07, 6.45) is 8.85. The van der Waals surface area contributed by atoms with Crippen molar-refractivity contribution in [3.8, 4) is 46.5 Å².